The lowest BCUT2D eigenvalue weighted by Gasteiger charge is -2.21. The molecule has 0 spiro atoms. The standard InChI is InChI=1S/C16H32N4O/c1-5-19(6-2)10-7-8-15(3)20-14-18-13-16(20)12-17-9-11-21-4/h13-15,17H,5-12H2,1-4H3. The molecule has 5 heteroatoms. The van der Waals surface area contributed by atoms with Crippen molar-refractivity contribution in [1.29, 1.82) is 0 Å². The average Bonchev–Trinajstić information content (AvgIpc) is 2.96. The molecule has 1 rings (SSSR count). The Kier molecular flexibility index (Phi) is 9.30. The molecule has 1 heterocycles. The molecule has 0 amide bonds. The summed E-state index contributed by atoms with van der Waals surface area (Å²) in [5.74, 6) is 0. The van der Waals surface area contributed by atoms with E-state index in [0.29, 0.717) is 6.04 Å². The second-order valence-corrected chi connectivity index (χ2v) is 5.48. The minimum absolute atomic E-state index is 0.502. The molecule has 21 heavy (non-hydrogen) atoms. The molecule has 0 fully saturated rings. The van der Waals surface area contributed by atoms with Gasteiger partial charge in [-0.25, -0.2) is 4.98 Å². The minimum atomic E-state index is 0.502. The van der Waals surface area contributed by atoms with E-state index in [9.17, 15) is 0 Å². The zero-order valence-corrected chi connectivity index (χ0v) is 14.1. The molecule has 0 aliphatic rings. The van der Waals surface area contributed by atoms with Crippen LogP contribution in [0.3, 0.4) is 0 Å². The van der Waals surface area contributed by atoms with E-state index in [-0.39, 0.29) is 0 Å². The highest BCUT2D eigenvalue weighted by atomic mass is 16.5. The first-order chi connectivity index (χ1) is 10.2. The van der Waals surface area contributed by atoms with Gasteiger partial charge in [-0.1, -0.05) is 13.8 Å². The van der Waals surface area contributed by atoms with Crippen molar-refractivity contribution in [3.8, 4) is 0 Å². The van der Waals surface area contributed by atoms with Crippen LogP contribution in [0.1, 0.15) is 45.3 Å². The second kappa shape index (κ2) is 10.8. The zero-order valence-electron chi connectivity index (χ0n) is 14.1. The van der Waals surface area contributed by atoms with Crippen LogP contribution in [0.4, 0.5) is 0 Å². The predicted molar refractivity (Wildman–Crippen MR) is 87.5 cm³/mol. The number of hydrogen-bond donors (Lipinski definition) is 1. The first-order valence-electron chi connectivity index (χ1n) is 8.15. The molecule has 0 aliphatic heterocycles. The van der Waals surface area contributed by atoms with E-state index in [1.807, 2.05) is 12.5 Å². The maximum atomic E-state index is 5.05. The molecule has 0 aliphatic carbocycles. The fraction of sp³-hybridized carbons (Fsp3) is 0.812. The Morgan fingerprint density at radius 2 is 2.14 bits per heavy atom. The molecule has 0 saturated heterocycles. The van der Waals surface area contributed by atoms with Crippen LogP contribution in [-0.4, -0.2) is 54.3 Å². The summed E-state index contributed by atoms with van der Waals surface area (Å²) in [6.07, 6.45) is 6.34. The summed E-state index contributed by atoms with van der Waals surface area (Å²) in [4.78, 5) is 6.78. The quantitative estimate of drug-likeness (QED) is 0.601. The van der Waals surface area contributed by atoms with Crippen LogP contribution in [0.2, 0.25) is 0 Å². The Hall–Kier alpha value is -0.910. The van der Waals surface area contributed by atoms with Gasteiger partial charge < -0.3 is 19.5 Å². The fourth-order valence-corrected chi connectivity index (χ4v) is 2.55. The second-order valence-electron chi connectivity index (χ2n) is 5.48. The van der Waals surface area contributed by atoms with Gasteiger partial charge in [-0.3, -0.25) is 0 Å². The topological polar surface area (TPSA) is 42.3 Å². The van der Waals surface area contributed by atoms with Crippen LogP contribution in [0.15, 0.2) is 12.5 Å². The van der Waals surface area contributed by atoms with E-state index < -0.39 is 0 Å². The lowest BCUT2D eigenvalue weighted by molar-refractivity contribution is 0.199. The lowest BCUT2D eigenvalue weighted by atomic mass is 10.1. The number of methoxy groups -OCH3 is 1. The SMILES string of the molecule is CCN(CC)CCCC(C)n1cncc1CNCCOC. The van der Waals surface area contributed by atoms with Gasteiger partial charge in [0.15, 0.2) is 0 Å². The highest BCUT2D eigenvalue weighted by Gasteiger charge is 2.10. The van der Waals surface area contributed by atoms with Crippen molar-refractivity contribution in [3.05, 3.63) is 18.2 Å². The van der Waals surface area contributed by atoms with E-state index in [0.717, 1.165) is 32.8 Å². The number of rotatable bonds is 12. The van der Waals surface area contributed by atoms with E-state index in [1.165, 1.54) is 25.1 Å². The van der Waals surface area contributed by atoms with Crippen LogP contribution in [0.5, 0.6) is 0 Å². The summed E-state index contributed by atoms with van der Waals surface area (Å²) in [6, 6.07) is 0.502. The van der Waals surface area contributed by atoms with Gasteiger partial charge in [0.05, 0.1) is 18.6 Å². The molecule has 122 valence electrons. The summed E-state index contributed by atoms with van der Waals surface area (Å²) in [5, 5.41) is 3.38. The fourth-order valence-electron chi connectivity index (χ4n) is 2.55. The first-order valence-corrected chi connectivity index (χ1v) is 8.15. The Morgan fingerprint density at radius 3 is 2.81 bits per heavy atom. The van der Waals surface area contributed by atoms with E-state index in [4.69, 9.17) is 4.74 Å². The van der Waals surface area contributed by atoms with Crippen molar-refractivity contribution in [2.24, 2.45) is 0 Å². The first kappa shape index (κ1) is 18.1. The number of ether oxygens (including phenoxy) is 1. The summed E-state index contributed by atoms with van der Waals surface area (Å²) >= 11 is 0. The van der Waals surface area contributed by atoms with Crippen LogP contribution in [0, 0.1) is 0 Å². The van der Waals surface area contributed by atoms with Crippen molar-refractivity contribution in [2.75, 3.05) is 39.9 Å². The molecular weight excluding hydrogens is 264 g/mol. The van der Waals surface area contributed by atoms with Gasteiger partial charge in [0.2, 0.25) is 0 Å². The van der Waals surface area contributed by atoms with Gasteiger partial charge in [0.25, 0.3) is 0 Å². The van der Waals surface area contributed by atoms with Crippen molar-refractivity contribution in [1.82, 2.24) is 19.8 Å². The van der Waals surface area contributed by atoms with Gasteiger partial charge in [0.1, 0.15) is 0 Å². The Morgan fingerprint density at radius 1 is 1.38 bits per heavy atom. The lowest BCUT2D eigenvalue weighted by Crippen LogP contribution is -2.25. The van der Waals surface area contributed by atoms with Gasteiger partial charge in [-0.15, -0.1) is 0 Å². The van der Waals surface area contributed by atoms with Crippen molar-refractivity contribution in [3.63, 3.8) is 0 Å². The number of nitrogens with zero attached hydrogens (tertiary/aromatic N) is 3. The van der Waals surface area contributed by atoms with Gasteiger partial charge in [0, 0.05) is 32.4 Å². The molecule has 0 bridgehead atoms. The number of hydrogen-bond acceptors (Lipinski definition) is 4. The van der Waals surface area contributed by atoms with Crippen molar-refractivity contribution >= 4 is 0 Å². The number of imidazole rings is 1. The Labute approximate surface area is 129 Å². The monoisotopic (exact) mass is 296 g/mol. The van der Waals surface area contributed by atoms with Crippen LogP contribution < -0.4 is 5.32 Å². The minimum Gasteiger partial charge on any atom is -0.383 e. The normalized spacial score (nSPS) is 13.0. The highest BCUT2D eigenvalue weighted by molar-refractivity contribution is 4.99. The summed E-state index contributed by atoms with van der Waals surface area (Å²) in [7, 11) is 1.73. The Bertz CT molecular complexity index is 363. The van der Waals surface area contributed by atoms with Crippen LogP contribution >= 0.6 is 0 Å². The van der Waals surface area contributed by atoms with Crippen LogP contribution in [0.25, 0.3) is 0 Å². The average molecular weight is 296 g/mol. The third-order valence-corrected chi connectivity index (χ3v) is 4.00. The molecule has 1 unspecified atom stereocenters. The maximum absolute atomic E-state index is 5.05. The van der Waals surface area contributed by atoms with Gasteiger partial charge in [-0.05, 0) is 39.4 Å². The number of aromatic nitrogens is 2. The summed E-state index contributed by atoms with van der Waals surface area (Å²) in [5.41, 5.74) is 1.25. The van der Waals surface area contributed by atoms with E-state index in [1.54, 1.807) is 7.11 Å². The van der Waals surface area contributed by atoms with E-state index >= 15 is 0 Å². The molecule has 1 N–H and O–H groups in total. The molecule has 1 aromatic rings. The summed E-state index contributed by atoms with van der Waals surface area (Å²) in [6.45, 7) is 12.7. The van der Waals surface area contributed by atoms with Crippen molar-refractivity contribution < 1.29 is 4.74 Å². The highest BCUT2D eigenvalue weighted by Crippen LogP contribution is 2.16. The van der Waals surface area contributed by atoms with Gasteiger partial charge in [-0.2, -0.15) is 0 Å². The van der Waals surface area contributed by atoms with Gasteiger partial charge >= 0.3 is 0 Å². The van der Waals surface area contributed by atoms with Crippen molar-refractivity contribution in [2.45, 2.75) is 46.2 Å². The molecule has 0 saturated carbocycles. The number of nitrogens with one attached hydrogen (secondary N) is 1. The Balaban J connectivity index is 2.36. The predicted octanol–water partition coefficient (Wildman–Crippen LogP) is 2.30. The van der Waals surface area contributed by atoms with E-state index in [2.05, 4.69) is 40.5 Å². The molecular formula is C16H32N4O. The maximum Gasteiger partial charge on any atom is 0.0951 e. The zero-order chi connectivity index (χ0) is 15.5. The molecule has 5 nitrogen and oxygen atoms in total. The third-order valence-electron chi connectivity index (χ3n) is 4.00. The van der Waals surface area contributed by atoms with Crippen LogP contribution in [-0.2, 0) is 11.3 Å². The molecule has 0 aromatic carbocycles. The third kappa shape index (κ3) is 6.59. The molecule has 1 atom stereocenters. The molecule has 0 radical (unpaired) electrons. The smallest absolute Gasteiger partial charge is 0.0951 e. The summed E-state index contributed by atoms with van der Waals surface area (Å²) < 4.78 is 7.34. The largest absolute Gasteiger partial charge is 0.383 e. The molecule has 1 aromatic heterocycles.